The van der Waals surface area contributed by atoms with Gasteiger partial charge in [0.1, 0.15) is 0 Å². The molecule has 0 N–H and O–H groups in total. The minimum absolute atomic E-state index is 0.204. The number of likely N-dealkylation sites (tertiary alicyclic amines) is 2. The van der Waals surface area contributed by atoms with Crippen molar-refractivity contribution in [2.24, 2.45) is 12.5 Å². The van der Waals surface area contributed by atoms with E-state index < -0.39 is 0 Å². The van der Waals surface area contributed by atoms with E-state index in [4.69, 9.17) is 0 Å². The van der Waals surface area contributed by atoms with Crippen LogP contribution in [0.4, 0.5) is 0 Å². The predicted molar refractivity (Wildman–Crippen MR) is 99.2 cm³/mol. The Morgan fingerprint density at radius 2 is 2.08 bits per heavy atom. The molecule has 6 heteroatoms. The summed E-state index contributed by atoms with van der Waals surface area (Å²) in [4.78, 5) is 22.2. The van der Waals surface area contributed by atoms with Crippen molar-refractivity contribution in [1.82, 2.24) is 24.6 Å². The van der Waals surface area contributed by atoms with Crippen LogP contribution < -0.4 is 0 Å². The number of nitrogens with zero attached hydrogens (tertiary/aromatic N) is 5. The lowest BCUT2D eigenvalue weighted by Gasteiger charge is -2.38. The Bertz CT molecular complexity index is 801. The second-order valence-electron chi connectivity index (χ2n) is 7.86. The third-order valence-corrected chi connectivity index (χ3v) is 5.72. The van der Waals surface area contributed by atoms with Crippen molar-refractivity contribution in [3.05, 3.63) is 47.5 Å². The van der Waals surface area contributed by atoms with Gasteiger partial charge in [-0.1, -0.05) is 6.07 Å². The van der Waals surface area contributed by atoms with Gasteiger partial charge in [-0.05, 0) is 44.9 Å². The molecule has 1 spiro atoms. The van der Waals surface area contributed by atoms with Crippen LogP contribution in [0.3, 0.4) is 0 Å². The van der Waals surface area contributed by atoms with E-state index in [1.54, 1.807) is 0 Å². The first kappa shape index (κ1) is 17.2. The molecule has 1 atom stereocenters. The van der Waals surface area contributed by atoms with E-state index in [1.165, 1.54) is 5.56 Å². The Kier molecular flexibility index (Phi) is 4.53. The molecule has 2 saturated heterocycles. The predicted octanol–water partition coefficient (Wildman–Crippen LogP) is 2.14. The number of piperidine rings is 1. The maximum absolute atomic E-state index is 13.2. The van der Waals surface area contributed by atoms with Crippen molar-refractivity contribution in [1.29, 1.82) is 0 Å². The fourth-order valence-electron chi connectivity index (χ4n) is 4.48. The SMILES string of the molecule is Cc1cccc(CN2CCC3(CCCN(Cc4cnn(C)c4)C3)C2=O)n1. The van der Waals surface area contributed by atoms with Gasteiger partial charge in [0, 0.05) is 44.1 Å². The molecule has 1 amide bonds. The number of carbonyl (C=O) groups is 1. The van der Waals surface area contributed by atoms with Gasteiger partial charge in [0.05, 0.1) is 23.9 Å². The Morgan fingerprint density at radius 3 is 2.85 bits per heavy atom. The number of aryl methyl sites for hydroxylation is 2. The fourth-order valence-corrected chi connectivity index (χ4v) is 4.48. The van der Waals surface area contributed by atoms with Crippen LogP contribution in [-0.4, -0.2) is 50.1 Å². The van der Waals surface area contributed by atoms with Crippen LogP contribution in [0, 0.1) is 12.3 Å². The van der Waals surface area contributed by atoms with E-state index in [2.05, 4.69) is 21.2 Å². The van der Waals surface area contributed by atoms with Crippen molar-refractivity contribution in [3.63, 3.8) is 0 Å². The summed E-state index contributed by atoms with van der Waals surface area (Å²) < 4.78 is 1.84. The monoisotopic (exact) mass is 353 g/mol. The molecule has 26 heavy (non-hydrogen) atoms. The highest BCUT2D eigenvalue weighted by atomic mass is 16.2. The molecule has 0 aliphatic carbocycles. The second-order valence-corrected chi connectivity index (χ2v) is 7.86. The maximum Gasteiger partial charge on any atom is 0.230 e. The zero-order chi connectivity index (χ0) is 18.1. The average Bonchev–Trinajstić information content (AvgIpc) is 3.14. The lowest BCUT2D eigenvalue weighted by atomic mass is 9.78. The highest BCUT2D eigenvalue weighted by molar-refractivity contribution is 5.85. The van der Waals surface area contributed by atoms with E-state index in [0.717, 1.165) is 56.8 Å². The Balaban J connectivity index is 1.43. The van der Waals surface area contributed by atoms with Crippen LogP contribution in [0.2, 0.25) is 0 Å². The minimum atomic E-state index is -0.204. The van der Waals surface area contributed by atoms with Crippen LogP contribution in [0.15, 0.2) is 30.6 Å². The van der Waals surface area contributed by atoms with Crippen LogP contribution in [0.25, 0.3) is 0 Å². The quantitative estimate of drug-likeness (QED) is 0.845. The van der Waals surface area contributed by atoms with Crippen LogP contribution in [0.5, 0.6) is 0 Å². The number of amides is 1. The molecule has 2 aromatic heterocycles. The van der Waals surface area contributed by atoms with Crippen molar-refractivity contribution in [2.45, 2.75) is 39.3 Å². The lowest BCUT2D eigenvalue weighted by molar-refractivity contribution is -0.139. The third kappa shape index (κ3) is 3.38. The maximum atomic E-state index is 13.2. The van der Waals surface area contributed by atoms with Gasteiger partial charge in [-0.2, -0.15) is 5.10 Å². The molecule has 2 aliphatic heterocycles. The van der Waals surface area contributed by atoms with Gasteiger partial charge in [-0.3, -0.25) is 19.4 Å². The standard InChI is InChI=1S/C20H27N5O/c1-16-5-3-6-18(22-16)14-25-10-8-20(19(25)26)7-4-9-24(15-20)13-17-11-21-23(2)12-17/h3,5-6,11-12H,4,7-10,13-15H2,1-2H3. The average molecular weight is 353 g/mol. The van der Waals surface area contributed by atoms with Crippen molar-refractivity contribution >= 4 is 5.91 Å². The Morgan fingerprint density at radius 1 is 1.19 bits per heavy atom. The third-order valence-electron chi connectivity index (χ3n) is 5.72. The summed E-state index contributed by atoms with van der Waals surface area (Å²) in [5.41, 5.74) is 3.00. The number of hydrogen-bond acceptors (Lipinski definition) is 4. The topological polar surface area (TPSA) is 54.3 Å². The summed E-state index contributed by atoms with van der Waals surface area (Å²) in [6, 6.07) is 6.03. The second kappa shape index (κ2) is 6.83. The van der Waals surface area contributed by atoms with E-state index in [1.807, 2.05) is 47.9 Å². The minimum Gasteiger partial charge on any atom is -0.336 e. The van der Waals surface area contributed by atoms with Gasteiger partial charge in [0.15, 0.2) is 0 Å². The summed E-state index contributed by atoms with van der Waals surface area (Å²) in [6.45, 7) is 6.26. The molecule has 0 saturated carbocycles. The first-order valence-electron chi connectivity index (χ1n) is 9.46. The molecule has 0 aromatic carbocycles. The fraction of sp³-hybridized carbons (Fsp3) is 0.550. The van der Waals surface area contributed by atoms with Gasteiger partial charge in [0.2, 0.25) is 5.91 Å². The summed E-state index contributed by atoms with van der Waals surface area (Å²) in [6.07, 6.45) is 7.04. The van der Waals surface area contributed by atoms with Gasteiger partial charge in [-0.25, -0.2) is 0 Å². The molecule has 2 aliphatic rings. The molecule has 4 rings (SSSR count). The molecule has 6 nitrogen and oxygen atoms in total. The zero-order valence-electron chi connectivity index (χ0n) is 15.7. The van der Waals surface area contributed by atoms with Gasteiger partial charge in [-0.15, -0.1) is 0 Å². The number of pyridine rings is 1. The summed E-state index contributed by atoms with van der Waals surface area (Å²) in [7, 11) is 1.94. The molecular weight excluding hydrogens is 326 g/mol. The first-order valence-corrected chi connectivity index (χ1v) is 9.46. The van der Waals surface area contributed by atoms with E-state index in [0.29, 0.717) is 12.5 Å². The molecule has 1 unspecified atom stereocenters. The first-order chi connectivity index (χ1) is 12.5. The number of rotatable bonds is 4. The molecule has 0 radical (unpaired) electrons. The Hall–Kier alpha value is -2.21. The van der Waals surface area contributed by atoms with Crippen molar-refractivity contribution in [2.75, 3.05) is 19.6 Å². The number of aromatic nitrogens is 3. The van der Waals surface area contributed by atoms with Crippen molar-refractivity contribution < 1.29 is 4.79 Å². The van der Waals surface area contributed by atoms with Crippen LogP contribution in [0.1, 0.15) is 36.2 Å². The van der Waals surface area contributed by atoms with Crippen molar-refractivity contribution in [3.8, 4) is 0 Å². The molecule has 138 valence electrons. The number of hydrogen-bond donors (Lipinski definition) is 0. The van der Waals surface area contributed by atoms with Crippen LogP contribution in [-0.2, 0) is 24.9 Å². The summed E-state index contributed by atoms with van der Waals surface area (Å²) in [5.74, 6) is 0.316. The van der Waals surface area contributed by atoms with E-state index >= 15 is 0 Å². The highest BCUT2D eigenvalue weighted by Gasteiger charge is 2.48. The largest absolute Gasteiger partial charge is 0.336 e. The molecule has 0 bridgehead atoms. The number of carbonyl (C=O) groups excluding carboxylic acids is 1. The van der Waals surface area contributed by atoms with Crippen LogP contribution >= 0.6 is 0 Å². The van der Waals surface area contributed by atoms with Gasteiger partial charge < -0.3 is 4.90 Å². The molecule has 4 heterocycles. The summed E-state index contributed by atoms with van der Waals surface area (Å²) >= 11 is 0. The smallest absolute Gasteiger partial charge is 0.230 e. The highest BCUT2D eigenvalue weighted by Crippen LogP contribution is 2.40. The molecular formula is C20H27N5O. The van der Waals surface area contributed by atoms with E-state index in [9.17, 15) is 4.79 Å². The van der Waals surface area contributed by atoms with Gasteiger partial charge in [0.25, 0.3) is 0 Å². The Labute approximate surface area is 154 Å². The van der Waals surface area contributed by atoms with E-state index in [-0.39, 0.29) is 5.41 Å². The zero-order valence-corrected chi connectivity index (χ0v) is 15.7. The molecule has 2 aromatic rings. The summed E-state index contributed by atoms with van der Waals surface area (Å²) in [5, 5.41) is 4.26. The van der Waals surface area contributed by atoms with Gasteiger partial charge >= 0.3 is 0 Å². The lowest BCUT2D eigenvalue weighted by Crippen LogP contribution is -2.47. The normalized spacial score (nSPS) is 23.9. The molecule has 2 fully saturated rings.